The summed E-state index contributed by atoms with van der Waals surface area (Å²) in [6.07, 6.45) is 1.50. The van der Waals surface area contributed by atoms with Crippen molar-refractivity contribution in [3.05, 3.63) is 94.6 Å². The second-order valence-corrected chi connectivity index (χ2v) is 7.97. The van der Waals surface area contributed by atoms with Crippen molar-refractivity contribution in [2.24, 2.45) is 0 Å². The first-order valence-electron chi connectivity index (χ1n) is 11.1. The van der Waals surface area contributed by atoms with E-state index in [-0.39, 0.29) is 5.91 Å². The fourth-order valence-electron chi connectivity index (χ4n) is 3.89. The Morgan fingerprint density at radius 2 is 1.68 bits per heavy atom. The Balaban J connectivity index is 1.49. The van der Waals surface area contributed by atoms with E-state index in [2.05, 4.69) is 15.5 Å². The summed E-state index contributed by atoms with van der Waals surface area (Å²) < 4.78 is 8.59. The third kappa shape index (κ3) is 4.61. The smallest absolute Gasteiger partial charge is 0.341 e. The molecule has 0 unspecified atom stereocenters. The van der Waals surface area contributed by atoms with Gasteiger partial charge in [0.05, 0.1) is 42.0 Å². The number of aryl methyl sites for hydroxylation is 1. The normalized spacial score (nSPS) is 10.8. The largest absolute Gasteiger partial charge is 0.462 e. The summed E-state index contributed by atoms with van der Waals surface area (Å²) in [7, 11) is 0. The third-order valence-corrected chi connectivity index (χ3v) is 5.66. The van der Waals surface area contributed by atoms with Crippen LogP contribution >= 0.6 is 0 Å². The van der Waals surface area contributed by atoms with Gasteiger partial charge in [0.1, 0.15) is 5.56 Å². The maximum atomic E-state index is 13.0. The highest BCUT2D eigenvalue weighted by Crippen LogP contribution is 2.20. The lowest BCUT2D eigenvalue weighted by atomic mass is 10.1. The number of aromatic nitrogens is 4. The monoisotopic (exact) mass is 457 g/mol. The molecule has 0 spiro atoms. The van der Waals surface area contributed by atoms with Gasteiger partial charge >= 0.3 is 5.97 Å². The molecule has 34 heavy (non-hydrogen) atoms. The molecule has 2 heterocycles. The number of nitrogens with zero attached hydrogens (tertiary/aromatic N) is 4. The van der Waals surface area contributed by atoms with Crippen LogP contribution in [0.25, 0.3) is 5.69 Å². The molecule has 1 amide bonds. The van der Waals surface area contributed by atoms with Gasteiger partial charge in [-0.1, -0.05) is 30.3 Å². The van der Waals surface area contributed by atoms with Gasteiger partial charge in [-0.15, -0.1) is 0 Å². The molecule has 0 aliphatic carbocycles. The number of anilines is 1. The fraction of sp³-hybridized carbons (Fsp3) is 0.231. The molecular weight excluding hydrogens is 430 g/mol. The van der Waals surface area contributed by atoms with Crippen molar-refractivity contribution in [1.29, 1.82) is 0 Å². The highest BCUT2D eigenvalue weighted by atomic mass is 16.5. The summed E-state index contributed by atoms with van der Waals surface area (Å²) >= 11 is 0. The highest BCUT2D eigenvalue weighted by molar-refractivity contribution is 6.05. The maximum Gasteiger partial charge on any atom is 0.341 e. The summed E-state index contributed by atoms with van der Waals surface area (Å²) in [6, 6.07) is 17.3. The molecule has 0 aliphatic heterocycles. The lowest BCUT2D eigenvalue weighted by Gasteiger charge is -2.09. The van der Waals surface area contributed by atoms with E-state index in [9.17, 15) is 9.59 Å². The van der Waals surface area contributed by atoms with Crippen LogP contribution in [-0.4, -0.2) is 38.0 Å². The molecule has 0 saturated carbocycles. The zero-order valence-electron chi connectivity index (χ0n) is 19.7. The molecule has 2 aromatic carbocycles. The van der Waals surface area contributed by atoms with Gasteiger partial charge in [0.2, 0.25) is 0 Å². The average molecular weight is 458 g/mol. The Labute approximate surface area is 198 Å². The summed E-state index contributed by atoms with van der Waals surface area (Å²) in [4.78, 5) is 25.1. The quantitative estimate of drug-likeness (QED) is 0.414. The van der Waals surface area contributed by atoms with Gasteiger partial charge in [0.15, 0.2) is 0 Å². The molecular formula is C26H27N5O3. The molecule has 1 N–H and O–H groups in total. The number of carbonyl (C=O) groups excluding carboxylic acids is 2. The highest BCUT2D eigenvalue weighted by Gasteiger charge is 2.19. The summed E-state index contributed by atoms with van der Waals surface area (Å²) in [5.74, 6) is -0.601. The van der Waals surface area contributed by atoms with Crippen molar-refractivity contribution < 1.29 is 14.3 Å². The minimum atomic E-state index is -0.395. The van der Waals surface area contributed by atoms with Crippen LogP contribution in [0.1, 0.15) is 50.3 Å². The van der Waals surface area contributed by atoms with E-state index in [4.69, 9.17) is 4.74 Å². The Bertz CT molecular complexity index is 1320. The predicted octanol–water partition coefficient (Wildman–Crippen LogP) is 4.47. The van der Waals surface area contributed by atoms with E-state index in [1.165, 1.54) is 6.20 Å². The summed E-state index contributed by atoms with van der Waals surface area (Å²) in [6.45, 7) is 8.24. The molecule has 0 aliphatic rings. The summed E-state index contributed by atoms with van der Waals surface area (Å²) in [5, 5.41) is 11.8. The van der Waals surface area contributed by atoms with Gasteiger partial charge in [-0.3, -0.25) is 9.48 Å². The number of hydrogen-bond acceptors (Lipinski definition) is 5. The van der Waals surface area contributed by atoms with Gasteiger partial charge in [0, 0.05) is 11.4 Å². The standard InChI is InChI=1S/C26H27N5O3/c1-5-34-26(33)23-15-27-31(18(23)3)22-13-11-21(12-14-22)28-25(32)24-17(2)29-30(19(24)4)16-20-9-7-6-8-10-20/h6-15H,5,16H2,1-4H3,(H,28,32). The van der Waals surface area contributed by atoms with Crippen LogP contribution in [0.2, 0.25) is 0 Å². The van der Waals surface area contributed by atoms with Gasteiger partial charge in [0.25, 0.3) is 5.91 Å². The molecule has 4 aromatic rings. The van der Waals surface area contributed by atoms with Crippen molar-refractivity contribution in [3.63, 3.8) is 0 Å². The average Bonchev–Trinajstić information content (AvgIpc) is 3.34. The minimum Gasteiger partial charge on any atom is -0.462 e. The van der Waals surface area contributed by atoms with Crippen molar-refractivity contribution in [3.8, 4) is 5.69 Å². The minimum absolute atomic E-state index is 0.207. The van der Waals surface area contributed by atoms with Gasteiger partial charge in [-0.2, -0.15) is 10.2 Å². The van der Waals surface area contributed by atoms with Crippen LogP contribution in [0.15, 0.2) is 60.8 Å². The van der Waals surface area contributed by atoms with E-state index in [0.29, 0.717) is 41.4 Å². The van der Waals surface area contributed by atoms with E-state index in [1.807, 2.05) is 67.9 Å². The zero-order valence-corrected chi connectivity index (χ0v) is 19.7. The van der Waals surface area contributed by atoms with Crippen molar-refractivity contribution in [1.82, 2.24) is 19.6 Å². The van der Waals surface area contributed by atoms with Gasteiger partial charge in [-0.25, -0.2) is 9.48 Å². The van der Waals surface area contributed by atoms with E-state index in [0.717, 1.165) is 16.9 Å². The van der Waals surface area contributed by atoms with Crippen LogP contribution in [0.5, 0.6) is 0 Å². The number of ether oxygens (including phenoxy) is 1. The number of nitrogens with one attached hydrogen (secondary N) is 1. The molecule has 2 aromatic heterocycles. The first-order valence-corrected chi connectivity index (χ1v) is 11.1. The number of rotatable bonds is 7. The van der Waals surface area contributed by atoms with E-state index in [1.54, 1.807) is 23.7 Å². The van der Waals surface area contributed by atoms with Gasteiger partial charge < -0.3 is 10.1 Å². The molecule has 4 rings (SSSR count). The van der Waals surface area contributed by atoms with Crippen LogP contribution < -0.4 is 5.32 Å². The van der Waals surface area contributed by atoms with E-state index >= 15 is 0 Å². The van der Waals surface area contributed by atoms with Crippen LogP contribution in [0.3, 0.4) is 0 Å². The number of amides is 1. The van der Waals surface area contributed by atoms with Crippen molar-refractivity contribution >= 4 is 17.6 Å². The molecule has 0 saturated heterocycles. The topological polar surface area (TPSA) is 91.0 Å². The Kier molecular flexibility index (Phi) is 6.58. The second kappa shape index (κ2) is 9.74. The zero-order chi connectivity index (χ0) is 24.2. The van der Waals surface area contributed by atoms with Crippen molar-refractivity contribution in [2.45, 2.75) is 34.2 Å². The van der Waals surface area contributed by atoms with Crippen LogP contribution in [0.4, 0.5) is 5.69 Å². The number of esters is 1. The Morgan fingerprint density at radius 3 is 2.35 bits per heavy atom. The Hall–Kier alpha value is -4.20. The lowest BCUT2D eigenvalue weighted by Crippen LogP contribution is -2.14. The Morgan fingerprint density at radius 1 is 0.971 bits per heavy atom. The van der Waals surface area contributed by atoms with Gasteiger partial charge in [-0.05, 0) is 57.5 Å². The molecule has 0 atom stereocenters. The molecule has 0 bridgehead atoms. The molecule has 174 valence electrons. The molecule has 0 fully saturated rings. The SMILES string of the molecule is CCOC(=O)c1cnn(-c2ccc(NC(=O)c3c(C)nn(Cc4ccccc4)c3C)cc2)c1C. The lowest BCUT2D eigenvalue weighted by molar-refractivity contribution is 0.0525. The number of carbonyl (C=O) groups is 2. The maximum absolute atomic E-state index is 13.0. The number of benzene rings is 2. The molecule has 8 heteroatoms. The van der Waals surface area contributed by atoms with Crippen molar-refractivity contribution in [2.75, 3.05) is 11.9 Å². The summed E-state index contributed by atoms with van der Waals surface area (Å²) in [5.41, 5.74) is 5.73. The fourth-order valence-corrected chi connectivity index (χ4v) is 3.89. The number of hydrogen-bond donors (Lipinski definition) is 1. The van der Waals surface area contributed by atoms with Crippen LogP contribution in [-0.2, 0) is 11.3 Å². The molecule has 0 radical (unpaired) electrons. The third-order valence-electron chi connectivity index (χ3n) is 5.66. The molecule has 8 nitrogen and oxygen atoms in total. The first kappa shape index (κ1) is 23.0. The van der Waals surface area contributed by atoms with Crippen LogP contribution in [0, 0.1) is 20.8 Å². The predicted molar refractivity (Wildman–Crippen MR) is 129 cm³/mol. The first-order chi connectivity index (χ1) is 16.4. The van der Waals surface area contributed by atoms with E-state index < -0.39 is 5.97 Å². The second-order valence-electron chi connectivity index (χ2n) is 7.97.